The highest BCUT2D eigenvalue weighted by molar-refractivity contribution is 9.10. The smallest absolute Gasteiger partial charge is 0.131 e. The molecule has 1 fully saturated rings. The number of halogens is 2. The number of aromatic nitrogens is 1. The molecule has 1 aromatic heterocycles. The molecule has 0 amide bonds. The Morgan fingerprint density at radius 1 is 1.62 bits per heavy atom. The predicted molar refractivity (Wildman–Crippen MR) is 72.3 cm³/mol. The molecule has 2 unspecified atom stereocenters. The molecule has 0 spiro atoms. The van der Waals surface area contributed by atoms with E-state index < -0.39 is 0 Å². The zero-order chi connectivity index (χ0) is 11.7. The molecule has 1 saturated heterocycles. The monoisotopic (exact) mass is 302 g/mol. The van der Waals surface area contributed by atoms with Crippen molar-refractivity contribution in [3.8, 4) is 0 Å². The second-order valence-corrected chi connectivity index (χ2v) is 5.70. The predicted octanol–water partition coefficient (Wildman–Crippen LogP) is 3.61. The van der Waals surface area contributed by atoms with Crippen molar-refractivity contribution >= 4 is 33.3 Å². The first kappa shape index (κ1) is 12.2. The summed E-state index contributed by atoms with van der Waals surface area (Å²) in [4.78, 5) is 6.86. The molecule has 2 heterocycles. The van der Waals surface area contributed by atoms with Gasteiger partial charge in [-0.15, -0.1) is 11.6 Å². The van der Waals surface area contributed by atoms with Gasteiger partial charge in [0.05, 0.1) is 0 Å². The minimum absolute atomic E-state index is 0.425. The van der Waals surface area contributed by atoms with E-state index in [0.29, 0.717) is 17.8 Å². The van der Waals surface area contributed by atoms with Crippen LogP contribution in [0.4, 0.5) is 5.82 Å². The molecule has 88 valence electrons. The summed E-state index contributed by atoms with van der Waals surface area (Å²) < 4.78 is 1.03. The van der Waals surface area contributed by atoms with Gasteiger partial charge in [-0.3, -0.25) is 0 Å². The lowest BCUT2D eigenvalue weighted by Gasteiger charge is -2.27. The Balaban J connectivity index is 2.30. The molecule has 0 aliphatic carbocycles. The minimum atomic E-state index is 0.425. The van der Waals surface area contributed by atoms with Crippen LogP contribution in [0.3, 0.4) is 0 Å². The SMILES string of the molecule is Cc1cc(Br)cnc1N1CCC(C)C1CCl. The average molecular weight is 304 g/mol. The van der Waals surface area contributed by atoms with Crippen molar-refractivity contribution < 1.29 is 0 Å². The molecule has 0 radical (unpaired) electrons. The summed E-state index contributed by atoms with van der Waals surface area (Å²) in [7, 11) is 0. The van der Waals surface area contributed by atoms with Crippen LogP contribution in [0.25, 0.3) is 0 Å². The standard InChI is InChI=1S/C12H16BrClN2/c1-8-3-4-16(11(8)6-14)12-9(2)5-10(13)7-15-12/h5,7-8,11H,3-4,6H2,1-2H3. The Hall–Kier alpha value is -0.280. The summed E-state index contributed by atoms with van der Waals surface area (Å²) in [6, 6.07) is 2.53. The van der Waals surface area contributed by atoms with Gasteiger partial charge >= 0.3 is 0 Å². The molecular weight excluding hydrogens is 288 g/mol. The van der Waals surface area contributed by atoms with E-state index in [2.05, 4.69) is 45.7 Å². The van der Waals surface area contributed by atoms with E-state index in [-0.39, 0.29) is 0 Å². The highest BCUT2D eigenvalue weighted by Crippen LogP contribution is 2.31. The molecular formula is C12H16BrClN2. The molecule has 1 aliphatic heterocycles. The van der Waals surface area contributed by atoms with Gasteiger partial charge in [-0.05, 0) is 46.8 Å². The van der Waals surface area contributed by atoms with Crippen LogP contribution < -0.4 is 4.90 Å². The van der Waals surface area contributed by atoms with Gasteiger partial charge < -0.3 is 4.90 Å². The van der Waals surface area contributed by atoms with Gasteiger partial charge in [0.25, 0.3) is 0 Å². The molecule has 0 aromatic carbocycles. The van der Waals surface area contributed by atoms with Crippen molar-refractivity contribution in [2.75, 3.05) is 17.3 Å². The normalized spacial score (nSPS) is 25.1. The van der Waals surface area contributed by atoms with Crippen molar-refractivity contribution in [2.45, 2.75) is 26.3 Å². The minimum Gasteiger partial charge on any atom is -0.352 e. The Bertz CT molecular complexity index is 383. The Morgan fingerprint density at radius 2 is 2.38 bits per heavy atom. The first-order valence-electron chi connectivity index (χ1n) is 5.58. The molecule has 1 aromatic rings. The number of rotatable bonds is 2. The van der Waals surface area contributed by atoms with Crippen LogP contribution in [0, 0.1) is 12.8 Å². The fourth-order valence-corrected chi connectivity index (χ4v) is 3.26. The largest absolute Gasteiger partial charge is 0.352 e. The summed E-state index contributed by atoms with van der Waals surface area (Å²) in [5.74, 6) is 2.42. The van der Waals surface area contributed by atoms with Gasteiger partial charge in [-0.25, -0.2) is 4.98 Å². The molecule has 0 N–H and O–H groups in total. The van der Waals surface area contributed by atoms with Gasteiger partial charge in [0.15, 0.2) is 0 Å². The maximum Gasteiger partial charge on any atom is 0.131 e. The number of anilines is 1. The van der Waals surface area contributed by atoms with E-state index in [1.807, 2.05) is 6.20 Å². The lowest BCUT2D eigenvalue weighted by atomic mass is 10.0. The average Bonchev–Trinajstić information content (AvgIpc) is 2.59. The highest BCUT2D eigenvalue weighted by Gasteiger charge is 2.31. The Morgan fingerprint density at radius 3 is 3.00 bits per heavy atom. The van der Waals surface area contributed by atoms with Crippen LogP contribution in [0.15, 0.2) is 16.7 Å². The molecule has 4 heteroatoms. The van der Waals surface area contributed by atoms with E-state index in [1.54, 1.807) is 0 Å². The van der Waals surface area contributed by atoms with Crippen LogP contribution in [-0.2, 0) is 0 Å². The summed E-state index contributed by atoms with van der Waals surface area (Å²) >= 11 is 9.49. The summed E-state index contributed by atoms with van der Waals surface area (Å²) in [5, 5.41) is 0. The number of hydrogen-bond donors (Lipinski definition) is 0. The fourth-order valence-electron chi connectivity index (χ4n) is 2.34. The molecule has 2 rings (SSSR count). The third-order valence-electron chi connectivity index (χ3n) is 3.33. The summed E-state index contributed by atoms with van der Waals surface area (Å²) in [6.07, 6.45) is 3.06. The zero-order valence-electron chi connectivity index (χ0n) is 9.58. The van der Waals surface area contributed by atoms with Crippen LogP contribution in [-0.4, -0.2) is 23.5 Å². The summed E-state index contributed by atoms with van der Waals surface area (Å²) in [5.41, 5.74) is 1.21. The second-order valence-electron chi connectivity index (χ2n) is 4.48. The van der Waals surface area contributed by atoms with Crippen molar-refractivity contribution in [3.63, 3.8) is 0 Å². The van der Waals surface area contributed by atoms with Crippen LogP contribution in [0.5, 0.6) is 0 Å². The van der Waals surface area contributed by atoms with Crippen molar-refractivity contribution in [2.24, 2.45) is 5.92 Å². The van der Waals surface area contributed by atoms with Crippen molar-refractivity contribution in [3.05, 3.63) is 22.3 Å². The van der Waals surface area contributed by atoms with Crippen molar-refractivity contribution in [1.29, 1.82) is 0 Å². The van der Waals surface area contributed by atoms with E-state index in [9.17, 15) is 0 Å². The third-order valence-corrected chi connectivity index (χ3v) is 4.08. The van der Waals surface area contributed by atoms with E-state index in [0.717, 1.165) is 16.8 Å². The van der Waals surface area contributed by atoms with Gasteiger partial charge in [0.1, 0.15) is 5.82 Å². The molecule has 1 aliphatic rings. The van der Waals surface area contributed by atoms with Crippen LogP contribution in [0.2, 0.25) is 0 Å². The molecule has 0 saturated carbocycles. The van der Waals surface area contributed by atoms with E-state index in [4.69, 9.17) is 11.6 Å². The Kier molecular flexibility index (Phi) is 3.75. The second kappa shape index (κ2) is 4.92. The number of pyridine rings is 1. The molecule has 16 heavy (non-hydrogen) atoms. The fraction of sp³-hybridized carbons (Fsp3) is 0.583. The summed E-state index contributed by atoms with van der Waals surface area (Å²) in [6.45, 7) is 5.43. The zero-order valence-corrected chi connectivity index (χ0v) is 11.9. The molecule has 2 nitrogen and oxygen atoms in total. The van der Waals surface area contributed by atoms with Crippen LogP contribution in [0.1, 0.15) is 18.9 Å². The van der Waals surface area contributed by atoms with Gasteiger partial charge in [0.2, 0.25) is 0 Å². The van der Waals surface area contributed by atoms with Gasteiger partial charge in [0, 0.05) is 29.1 Å². The molecule has 2 atom stereocenters. The van der Waals surface area contributed by atoms with Crippen molar-refractivity contribution in [1.82, 2.24) is 4.98 Å². The topological polar surface area (TPSA) is 16.1 Å². The number of alkyl halides is 1. The lowest BCUT2D eigenvalue weighted by molar-refractivity contribution is 0.548. The van der Waals surface area contributed by atoms with Crippen LogP contribution >= 0.6 is 27.5 Å². The lowest BCUT2D eigenvalue weighted by Crippen LogP contribution is -2.34. The maximum atomic E-state index is 6.05. The number of hydrogen-bond acceptors (Lipinski definition) is 2. The van der Waals surface area contributed by atoms with Gasteiger partial charge in [-0.2, -0.15) is 0 Å². The maximum absolute atomic E-state index is 6.05. The highest BCUT2D eigenvalue weighted by atomic mass is 79.9. The van der Waals surface area contributed by atoms with E-state index >= 15 is 0 Å². The van der Waals surface area contributed by atoms with E-state index in [1.165, 1.54) is 12.0 Å². The Labute approximate surface area is 110 Å². The first-order chi connectivity index (χ1) is 7.63. The number of aryl methyl sites for hydroxylation is 1. The molecule has 0 bridgehead atoms. The first-order valence-corrected chi connectivity index (χ1v) is 6.91. The number of nitrogens with zero attached hydrogens (tertiary/aromatic N) is 2. The third kappa shape index (κ3) is 2.21. The van der Waals surface area contributed by atoms with Gasteiger partial charge in [-0.1, -0.05) is 6.92 Å². The quantitative estimate of drug-likeness (QED) is 0.776.